The summed E-state index contributed by atoms with van der Waals surface area (Å²) in [5.41, 5.74) is 11.8. The van der Waals surface area contributed by atoms with Crippen molar-refractivity contribution in [1.82, 2.24) is 28.2 Å². The van der Waals surface area contributed by atoms with Crippen molar-refractivity contribution in [2.24, 2.45) is 21.1 Å². The SMILES string of the molecule is Cn1cncc1-c1nc2cc(-c3ccc(N)cc3)c(F)cc2n1-c1ccc2c(c1)n(C)c(=O)n2C. The van der Waals surface area contributed by atoms with Gasteiger partial charge in [-0.15, -0.1) is 0 Å². The second-order valence-corrected chi connectivity index (χ2v) is 8.68. The molecule has 0 atom stereocenters. The van der Waals surface area contributed by atoms with Crippen molar-refractivity contribution in [1.29, 1.82) is 0 Å². The molecule has 6 rings (SSSR count). The molecule has 0 saturated carbocycles. The molecule has 0 aliphatic rings. The van der Waals surface area contributed by atoms with Crippen LogP contribution >= 0.6 is 0 Å². The molecule has 3 aromatic heterocycles. The molecule has 0 amide bonds. The number of anilines is 1. The molecule has 0 saturated heterocycles. The summed E-state index contributed by atoms with van der Waals surface area (Å²) in [6, 6.07) is 16.1. The van der Waals surface area contributed by atoms with E-state index in [2.05, 4.69) is 4.98 Å². The largest absolute Gasteiger partial charge is 0.399 e. The third kappa shape index (κ3) is 3.08. The van der Waals surface area contributed by atoms with Crippen molar-refractivity contribution in [2.45, 2.75) is 0 Å². The average molecular weight is 468 g/mol. The van der Waals surface area contributed by atoms with Crippen LogP contribution in [0.5, 0.6) is 0 Å². The molecule has 174 valence electrons. The number of nitrogens with two attached hydrogens (primary N) is 1. The van der Waals surface area contributed by atoms with Gasteiger partial charge in [0.05, 0.1) is 34.6 Å². The molecular weight excluding hydrogens is 445 g/mol. The highest BCUT2D eigenvalue weighted by molar-refractivity contribution is 5.88. The van der Waals surface area contributed by atoms with Crippen molar-refractivity contribution in [3.05, 3.63) is 83.4 Å². The van der Waals surface area contributed by atoms with Gasteiger partial charge in [0, 0.05) is 44.1 Å². The highest BCUT2D eigenvalue weighted by atomic mass is 19.1. The van der Waals surface area contributed by atoms with E-state index in [1.165, 1.54) is 6.07 Å². The zero-order valence-electron chi connectivity index (χ0n) is 19.4. The minimum absolute atomic E-state index is 0.112. The molecule has 8 nitrogen and oxygen atoms in total. The standard InChI is InChI=1S/C26H22FN7O/c1-31-14-29-13-24(31)25-30-20-11-18(15-4-6-16(28)7-5-15)19(27)12-22(20)34(25)17-8-9-21-23(10-17)33(3)26(35)32(21)2/h4-14H,28H2,1-3H3. The van der Waals surface area contributed by atoms with Gasteiger partial charge < -0.3 is 10.3 Å². The summed E-state index contributed by atoms with van der Waals surface area (Å²) in [6.45, 7) is 0. The number of rotatable bonds is 3. The van der Waals surface area contributed by atoms with E-state index >= 15 is 4.39 Å². The Balaban J connectivity index is 1.66. The lowest BCUT2D eigenvalue weighted by molar-refractivity contribution is 0.632. The van der Waals surface area contributed by atoms with E-state index < -0.39 is 0 Å². The van der Waals surface area contributed by atoms with Crippen molar-refractivity contribution < 1.29 is 4.39 Å². The van der Waals surface area contributed by atoms with Crippen molar-refractivity contribution in [3.63, 3.8) is 0 Å². The zero-order valence-corrected chi connectivity index (χ0v) is 19.4. The van der Waals surface area contributed by atoms with Crippen LogP contribution in [0.15, 0.2) is 71.9 Å². The molecule has 9 heteroatoms. The summed E-state index contributed by atoms with van der Waals surface area (Å²) < 4.78 is 22.4. The molecule has 6 aromatic rings. The highest BCUT2D eigenvalue weighted by Gasteiger charge is 2.20. The second-order valence-electron chi connectivity index (χ2n) is 8.68. The van der Waals surface area contributed by atoms with Crippen molar-refractivity contribution >= 4 is 27.8 Å². The molecule has 0 unspecified atom stereocenters. The van der Waals surface area contributed by atoms with Gasteiger partial charge in [0.15, 0.2) is 5.82 Å². The van der Waals surface area contributed by atoms with Crippen molar-refractivity contribution in [3.8, 4) is 28.3 Å². The highest BCUT2D eigenvalue weighted by Crippen LogP contribution is 2.34. The maximum absolute atomic E-state index is 15.5. The van der Waals surface area contributed by atoms with E-state index in [4.69, 9.17) is 10.7 Å². The summed E-state index contributed by atoms with van der Waals surface area (Å²) in [7, 11) is 5.36. The van der Waals surface area contributed by atoms with Crippen molar-refractivity contribution in [2.75, 3.05) is 5.73 Å². The number of imidazole rings is 3. The Morgan fingerprint density at radius 3 is 2.34 bits per heavy atom. The molecule has 3 heterocycles. The lowest BCUT2D eigenvalue weighted by atomic mass is 10.0. The maximum atomic E-state index is 15.5. The molecular formula is C26H22FN7O. The normalized spacial score (nSPS) is 11.7. The average Bonchev–Trinajstić information content (AvgIpc) is 3.50. The first-order valence-corrected chi connectivity index (χ1v) is 11.0. The van der Waals surface area contributed by atoms with E-state index in [9.17, 15) is 4.79 Å². The first-order chi connectivity index (χ1) is 16.8. The molecule has 0 aliphatic heterocycles. The smallest absolute Gasteiger partial charge is 0.328 e. The number of fused-ring (bicyclic) bond motifs is 2. The Hall–Kier alpha value is -4.66. The van der Waals surface area contributed by atoms with Gasteiger partial charge in [0.2, 0.25) is 0 Å². The third-order valence-corrected chi connectivity index (χ3v) is 6.52. The van der Waals surface area contributed by atoms with Crippen LogP contribution in [0.25, 0.3) is 50.4 Å². The van der Waals surface area contributed by atoms with Gasteiger partial charge in [-0.2, -0.15) is 0 Å². The van der Waals surface area contributed by atoms with Crippen LogP contribution in [0, 0.1) is 5.82 Å². The van der Waals surface area contributed by atoms with E-state index in [1.54, 1.807) is 66.1 Å². The number of nitrogen functional groups attached to an aromatic ring is 1. The van der Waals surface area contributed by atoms with Crippen LogP contribution in [0.3, 0.4) is 0 Å². The lowest BCUT2D eigenvalue weighted by Crippen LogP contribution is -2.19. The van der Waals surface area contributed by atoms with E-state index in [-0.39, 0.29) is 11.5 Å². The number of hydrogen-bond acceptors (Lipinski definition) is 4. The van der Waals surface area contributed by atoms with E-state index in [0.29, 0.717) is 28.1 Å². The Morgan fingerprint density at radius 1 is 0.886 bits per heavy atom. The Morgan fingerprint density at radius 2 is 1.63 bits per heavy atom. The molecule has 0 bridgehead atoms. The van der Waals surface area contributed by atoms with Crippen LogP contribution < -0.4 is 11.4 Å². The molecule has 2 N–H and O–H groups in total. The first-order valence-electron chi connectivity index (χ1n) is 11.0. The summed E-state index contributed by atoms with van der Waals surface area (Å²) in [4.78, 5) is 21.6. The fraction of sp³-hybridized carbons (Fsp3) is 0.115. The topological polar surface area (TPSA) is 88.6 Å². The molecule has 0 spiro atoms. The third-order valence-electron chi connectivity index (χ3n) is 6.52. The fourth-order valence-electron chi connectivity index (χ4n) is 4.62. The summed E-state index contributed by atoms with van der Waals surface area (Å²) in [5.74, 6) is 0.252. The van der Waals surface area contributed by atoms with Crippen LogP contribution in [0.4, 0.5) is 10.1 Å². The molecule has 0 fully saturated rings. The monoisotopic (exact) mass is 467 g/mol. The molecule has 0 aliphatic carbocycles. The number of halogens is 1. The minimum atomic E-state index is -0.367. The Labute approximate surface area is 199 Å². The van der Waals surface area contributed by atoms with E-state index in [1.807, 2.05) is 34.4 Å². The number of aryl methyl sites for hydroxylation is 3. The van der Waals surface area contributed by atoms with Crippen LogP contribution in [0.2, 0.25) is 0 Å². The van der Waals surface area contributed by atoms with Crippen LogP contribution in [-0.2, 0) is 21.1 Å². The van der Waals surface area contributed by atoms with Gasteiger partial charge in [-0.3, -0.25) is 13.7 Å². The van der Waals surface area contributed by atoms with Crippen LogP contribution in [0.1, 0.15) is 0 Å². The summed E-state index contributed by atoms with van der Waals surface area (Å²) in [5, 5.41) is 0. The van der Waals surface area contributed by atoms with Crippen LogP contribution in [-0.4, -0.2) is 28.2 Å². The number of aromatic nitrogens is 6. The van der Waals surface area contributed by atoms with Gasteiger partial charge >= 0.3 is 5.69 Å². The van der Waals surface area contributed by atoms with E-state index in [0.717, 1.165) is 28.0 Å². The fourth-order valence-corrected chi connectivity index (χ4v) is 4.62. The summed E-state index contributed by atoms with van der Waals surface area (Å²) in [6.07, 6.45) is 3.43. The second kappa shape index (κ2) is 7.42. The number of hydrogen-bond donors (Lipinski definition) is 1. The Bertz CT molecular complexity index is 1820. The number of benzene rings is 3. The number of nitrogens with zero attached hydrogens (tertiary/aromatic N) is 6. The zero-order chi connectivity index (χ0) is 24.4. The predicted octanol–water partition coefficient (Wildman–Crippen LogP) is 4.00. The van der Waals surface area contributed by atoms with Gasteiger partial charge in [-0.05, 0) is 42.0 Å². The Kier molecular flexibility index (Phi) is 4.44. The van der Waals surface area contributed by atoms with Gasteiger partial charge in [0.1, 0.15) is 11.5 Å². The molecule has 35 heavy (non-hydrogen) atoms. The quantitative estimate of drug-likeness (QED) is 0.399. The first kappa shape index (κ1) is 20.9. The molecule has 0 radical (unpaired) electrons. The minimum Gasteiger partial charge on any atom is -0.399 e. The van der Waals surface area contributed by atoms with Gasteiger partial charge in [-0.25, -0.2) is 19.2 Å². The van der Waals surface area contributed by atoms with Gasteiger partial charge in [-0.1, -0.05) is 12.1 Å². The molecule has 3 aromatic carbocycles. The summed E-state index contributed by atoms with van der Waals surface area (Å²) >= 11 is 0. The maximum Gasteiger partial charge on any atom is 0.328 e. The predicted molar refractivity (Wildman–Crippen MR) is 135 cm³/mol. The lowest BCUT2D eigenvalue weighted by Gasteiger charge is -2.11. The van der Waals surface area contributed by atoms with Gasteiger partial charge in [0.25, 0.3) is 0 Å².